The average Bonchev–Trinajstić information content (AvgIpc) is 3.41. The van der Waals surface area contributed by atoms with Gasteiger partial charge in [-0.3, -0.25) is 9.59 Å². The Hall–Kier alpha value is -1.66. The van der Waals surface area contributed by atoms with E-state index in [9.17, 15) is 19.8 Å². The number of hydrogen-bond acceptors (Lipinski definition) is 5. The van der Waals surface area contributed by atoms with E-state index < -0.39 is 12.1 Å². The lowest BCUT2D eigenvalue weighted by atomic mass is 10.0. The van der Waals surface area contributed by atoms with Gasteiger partial charge in [-0.25, -0.2) is 0 Å². The maximum absolute atomic E-state index is 12.5. The summed E-state index contributed by atoms with van der Waals surface area (Å²) in [5.41, 5.74) is 0. The van der Waals surface area contributed by atoms with Crippen LogP contribution >= 0.6 is 0 Å². The smallest absolute Gasteiger partial charge is 0.305 e. The van der Waals surface area contributed by atoms with E-state index in [-0.39, 0.29) is 18.5 Å². The second kappa shape index (κ2) is 64.9. The van der Waals surface area contributed by atoms with Crippen molar-refractivity contribution in [3.8, 4) is 0 Å². The van der Waals surface area contributed by atoms with E-state index in [1.165, 1.54) is 308 Å². The molecule has 0 radical (unpaired) electrons. The van der Waals surface area contributed by atoms with E-state index in [1.54, 1.807) is 6.08 Å². The minimum atomic E-state index is -0.843. The Morgan fingerprint density at radius 3 is 0.947 bits per heavy atom. The van der Waals surface area contributed by atoms with Crippen molar-refractivity contribution in [2.45, 2.75) is 392 Å². The minimum absolute atomic E-state index is 0.00951. The van der Waals surface area contributed by atoms with Gasteiger partial charge in [0.05, 0.1) is 25.4 Å². The quantitative estimate of drug-likeness (QED) is 0.0320. The first-order valence-electron chi connectivity index (χ1n) is 34.1. The first-order chi connectivity index (χ1) is 37.0. The van der Waals surface area contributed by atoms with Gasteiger partial charge < -0.3 is 20.3 Å². The van der Waals surface area contributed by atoms with Crippen molar-refractivity contribution in [2.24, 2.45) is 0 Å². The number of carbonyl (C=O) groups is 2. The molecule has 6 heteroatoms. The van der Waals surface area contributed by atoms with Gasteiger partial charge in [-0.05, 0) is 57.8 Å². The molecule has 2 atom stereocenters. The predicted molar refractivity (Wildman–Crippen MR) is 329 cm³/mol. The van der Waals surface area contributed by atoms with Gasteiger partial charge in [-0.2, -0.15) is 0 Å². The number of carbonyl (C=O) groups excluding carboxylic acids is 2. The van der Waals surface area contributed by atoms with Crippen LogP contribution in [0.1, 0.15) is 380 Å². The summed E-state index contributed by atoms with van der Waals surface area (Å²) < 4.78 is 5.49. The van der Waals surface area contributed by atoms with Crippen LogP contribution in [0, 0.1) is 0 Å². The molecule has 2 unspecified atom stereocenters. The highest BCUT2D eigenvalue weighted by Gasteiger charge is 2.18. The molecule has 3 N–H and O–H groups in total. The third kappa shape index (κ3) is 61.4. The number of aliphatic hydroxyl groups is 2. The predicted octanol–water partition coefficient (Wildman–Crippen LogP) is 21.8. The molecule has 6 nitrogen and oxygen atoms in total. The fourth-order valence-corrected chi connectivity index (χ4v) is 10.7. The molecule has 75 heavy (non-hydrogen) atoms. The zero-order chi connectivity index (χ0) is 54.3. The summed E-state index contributed by atoms with van der Waals surface area (Å²) in [4.78, 5) is 24.6. The maximum Gasteiger partial charge on any atom is 0.305 e. The molecular weight excluding hydrogens is 923 g/mol. The van der Waals surface area contributed by atoms with E-state index in [2.05, 4.69) is 31.3 Å². The van der Waals surface area contributed by atoms with E-state index >= 15 is 0 Å². The molecule has 0 rings (SSSR count). The Morgan fingerprint density at radius 1 is 0.360 bits per heavy atom. The monoisotopic (exact) mass is 1060 g/mol. The van der Waals surface area contributed by atoms with Gasteiger partial charge in [0, 0.05) is 12.8 Å². The number of nitrogens with one attached hydrogen (secondary N) is 1. The van der Waals surface area contributed by atoms with Crippen LogP contribution in [0.15, 0.2) is 24.3 Å². The Morgan fingerprint density at radius 2 is 0.627 bits per heavy atom. The summed E-state index contributed by atoms with van der Waals surface area (Å²) in [6.45, 7) is 4.93. The first-order valence-corrected chi connectivity index (χ1v) is 34.1. The van der Waals surface area contributed by atoms with Crippen LogP contribution in [-0.4, -0.2) is 47.4 Å². The second-order valence-electron chi connectivity index (χ2n) is 23.5. The average molecular weight is 1060 g/mol. The second-order valence-corrected chi connectivity index (χ2v) is 23.5. The number of allylic oxidation sites excluding steroid dienone is 3. The number of unbranched alkanes of at least 4 members (excludes halogenated alkanes) is 51. The SMILES string of the molecule is CCCCCCCC/C=C\CCCCCCCC(=O)OCCCCCCCCCCCCCCCCCCCCCCCCCCCCC(=O)NC(CO)C(O)/C=C/CCCCCCCCCCCCCCCCC. The van der Waals surface area contributed by atoms with Gasteiger partial charge >= 0.3 is 5.97 Å². The van der Waals surface area contributed by atoms with Crippen molar-refractivity contribution < 1.29 is 24.5 Å². The van der Waals surface area contributed by atoms with Crippen LogP contribution in [-0.2, 0) is 14.3 Å². The number of aliphatic hydroxyl groups excluding tert-OH is 2. The fraction of sp³-hybridized carbons (Fsp3) is 0.913. The molecule has 0 bridgehead atoms. The van der Waals surface area contributed by atoms with Crippen molar-refractivity contribution in [2.75, 3.05) is 13.2 Å². The third-order valence-corrected chi connectivity index (χ3v) is 16.0. The van der Waals surface area contributed by atoms with Crippen molar-refractivity contribution >= 4 is 11.9 Å². The molecule has 0 aliphatic carbocycles. The van der Waals surface area contributed by atoms with Gasteiger partial charge in [0.2, 0.25) is 5.91 Å². The Kier molecular flexibility index (Phi) is 63.4. The van der Waals surface area contributed by atoms with Crippen LogP contribution in [0.2, 0.25) is 0 Å². The summed E-state index contributed by atoms with van der Waals surface area (Å²) >= 11 is 0. The lowest BCUT2D eigenvalue weighted by Gasteiger charge is -2.20. The number of esters is 1. The van der Waals surface area contributed by atoms with Gasteiger partial charge in [-0.1, -0.05) is 334 Å². The fourth-order valence-electron chi connectivity index (χ4n) is 10.7. The van der Waals surface area contributed by atoms with Crippen molar-refractivity contribution in [3.63, 3.8) is 0 Å². The van der Waals surface area contributed by atoms with Crippen LogP contribution in [0.3, 0.4) is 0 Å². The zero-order valence-corrected chi connectivity index (χ0v) is 50.8. The summed E-state index contributed by atoms with van der Waals surface area (Å²) in [6.07, 6.45) is 81.0. The summed E-state index contributed by atoms with van der Waals surface area (Å²) in [6, 6.07) is -0.626. The van der Waals surface area contributed by atoms with Gasteiger partial charge in [0.15, 0.2) is 0 Å². The van der Waals surface area contributed by atoms with Crippen LogP contribution in [0.4, 0.5) is 0 Å². The summed E-state index contributed by atoms with van der Waals surface area (Å²) in [5.74, 6) is -0.0533. The normalized spacial score (nSPS) is 12.6. The molecule has 444 valence electrons. The van der Waals surface area contributed by atoms with E-state index in [4.69, 9.17) is 4.74 Å². The molecule has 0 heterocycles. The van der Waals surface area contributed by atoms with Crippen molar-refractivity contribution in [1.82, 2.24) is 5.32 Å². The molecule has 0 spiro atoms. The minimum Gasteiger partial charge on any atom is -0.466 e. The lowest BCUT2D eigenvalue weighted by molar-refractivity contribution is -0.143. The topological polar surface area (TPSA) is 95.9 Å². The molecule has 0 saturated heterocycles. The van der Waals surface area contributed by atoms with Crippen LogP contribution < -0.4 is 5.32 Å². The Bertz CT molecular complexity index is 1170. The van der Waals surface area contributed by atoms with Crippen molar-refractivity contribution in [1.29, 1.82) is 0 Å². The largest absolute Gasteiger partial charge is 0.466 e. The highest BCUT2D eigenvalue weighted by Crippen LogP contribution is 2.18. The van der Waals surface area contributed by atoms with Crippen LogP contribution in [0.25, 0.3) is 0 Å². The number of rotatable bonds is 64. The highest BCUT2D eigenvalue weighted by molar-refractivity contribution is 5.76. The molecule has 1 amide bonds. The van der Waals surface area contributed by atoms with E-state index in [0.29, 0.717) is 19.4 Å². The van der Waals surface area contributed by atoms with Crippen LogP contribution in [0.5, 0.6) is 0 Å². The molecule has 0 saturated carbocycles. The molecule has 0 aromatic carbocycles. The van der Waals surface area contributed by atoms with Gasteiger partial charge in [0.1, 0.15) is 0 Å². The Labute approximate surface area is 469 Å². The molecular formula is C69H133NO5. The zero-order valence-electron chi connectivity index (χ0n) is 50.8. The molecule has 0 aromatic heterocycles. The van der Waals surface area contributed by atoms with Gasteiger partial charge in [0.25, 0.3) is 0 Å². The first kappa shape index (κ1) is 73.3. The van der Waals surface area contributed by atoms with E-state index in [0.717, 1.165) is 44.9 Å². The number of amides is 1. The lowest BCUT2D eigenvalue weighted by Crippen LogP contribution is -2.45. The van der Waals surface area contributed by atoms with E-state index in [1.807, 2.05) is 6.08 Å². The summed E-state index contributed by atoms with van der Waals surface area (Å²) in [7, 11) is 0. The number of hydrogen-bond donors (Lipinski definition) is 3. The maximum atomic E-state index is 12.5. The molecule has 0 fully saturated rings. The standard InChI is InChI=1S/C69H133NO5/c1-3-5-7-9-11-13-15-17-19-30-34-37-41-45-49-53-57-61-67(72)66(65-71)70-68(73)62-58-54-50-46-42-38-35-31-28-26-24-22-20-21-23-25-27-29-32-36-40-44-48-52-56-60-64-75-69(74)63-59-55-51-47-43-39-33-18-16-14-12-10-8-6-4-2/h18,33,57,61,66-67,71-72H,3-17,19-32,34-56,58-60,62-65H2,1-2H3,(H,70,73)/b33-18-,61-57+. The highest BCUT2D eigenvalue weighted by atomic mass is 16.5. The Balaban J connectivity index is 3.37. The molecule has 0 aliphatic rings. The third-order valence-electron chi connectivity index (χ3n) is 16.0. The van der Waals surface area contributed by atoms with Gasteiger partial charge in [-0.15, -0.1) is 0 Å². The van der Waals surface area contributed by atoms with Crippen molar-refractivity contribution in [3.05, 3.63) is 24.3 Å². The molecule has 0 aliphatic heterocycles. The summed E-state index contributed by atoms with van der Waals surface area (Å²) in [5, 5.41) is 23.2. The number of ether oxygens (including phenoxy) is 1. The molecule has 0 aromatic rings.